The molecule has 0 unspecified atom stereocenters. The van der Waals surface area contributed by atoms with Crippen LogP contribution in [0.4, 0.5) is 21.9 Å². The second kappa shape index (κ2) is 8.44. The average Bonchev–Trinajstić information content (AvgIpc) is 2.69. The van der Waals surface area contributed by atoms with Gasteiger partial charge in [0.1, 0.15) is 5.75 Å². The summed E-state index contributed by atoms with van der Waals surface area (Å²) >= 11 is 0. The summed E-state index contributed by atoms with van der Waals surface area (Å²) in [6.07, 6.45) is 0. The number of anilines is 3. The number of methoxy groups -OCH3 is 1. The van der Waals surface area contributed by atoms with E-state index in [0.717, 1.165) is 24.5 Å². The van der Waals surface area contributed by atoms with E-state index in [2.05, 4.69) is 21.6 Å². The molecule has 0 spiro atoms. The van der Waals surface area contributed by atoms with E-state index in [1.54, 1.807) is 36.3 Å². The van der Waals surface area contributed by atoms with Crippen molar-refractivity contribution in [3.8, 4) is 5.75 Å². The maximum Gasteiger partial charge on any atom is 0.321 e. The van der Waals surface area contributed by atoms with Gasteiger partial charge in [-0.05, 0) is 36.4 Å². The molecule has 2 N–H and O–H groups in total. The molecule has 0 bridgehead atoms. The number of amides is 3. The molecule has 1 fully saturated rings. The summed E-state index contributed by atoms with van der Waals surface area (Å²) in [7, 11) is 1.66. The van der Waals surface area contributed by atoms with Crippen molar-refractivity contribution < 1.29 is 14.3 Å². The summed E-state index contributed by atoms with van der Waals surface area (Å²) < 4.78 is 5.28. The largest absolute Gasteiger partial charge is 0.497 e. The zero-order chi connectivity index (χ0) is 19.2. The maximum absolute atomic E-state index is 12.5. The summed E-state index contributed by atoms with van der Waals surface area (Å²) in [5, 5.41) is 5.60. The monoisotopic (exact) mass is 368 g/mol. The molecular weight excluding hydrogens is 344 g/mol. The van der Waals surface area contributed by atoms with Crippen LogP contribution < -0.4 is 20.3 Å². The summed E-state index contributed by atoms with van der Waals surface area (Å²) in [4.78, 5) is 27.6. The number of piperazine rings is 1. The molecule has 0 aromatic heterocycles. The highest BCUT2D eigenvalue weighted by molar-refractivity contribution is 5.91. The van der Waals surface area contributed by atoms with Crippen LogP contribution in [0.1, 0.15) is 6.92 Å². The molecule has 0 atom stereocenters. The molecule has 3 rings (SSSR count). The number of nitrogens with zero attached hydrogens (tertiary/aromatic N) is 2. The lowest BCUT2D eigenvalue weighted by atomic mass is 10.2. The predicted octanol–water partition coefficient (Wildman–Crippen LogP) is 3.01. The zero-order valence-electron chi connectivity index (χ0n) is 15.6. The molecule has 0 aliphatic carbocycles. The number of carbonyl (C=O) groups is 2. The van der Waals surface area contributed by atoms with Gasteiger partial charge in [0.05, 0.1) is 7.11 Å². The lowest BCUT2D eigenvalue weighted by Gasteiger charge is -2.36. The Hall–Kier alpha value is -3.22. The van der Waals surface area contributed by atoms with Gasteiger partial charge >= 0.3 is 6.03 Å². The molecule has 7 heteroatoms. The van der Waals surface area contributed by atoms with E-state index in [0.29, 0.717) is 24.5 Å². The van der Waals surface area contributed by atoms with Crippen LogP contribution in [0.5, 0.6) is 5.75 Å². The van der Waals surface area contributed by atoms with Gasteiger partial charge in [0.15, 0.2) is 0 Å². The standard InChI is InChI=1S/C20H24N4O3/c1-15(25)21-16-6-8-17(9-7-16)22-20(26)24-12-10-23(11-13-24)18-4-3-5-19(14-18)27-2/h3-9,14H,10-13H2,1-2H3,(H,21,25)(H,22,26). The van der Waals surface area contributed by atoms with Crippen molar-refractivity contribution in [1.29, 1.82) is 0 Å². The first kappa shape index (κ1) is 18.6. The first-order valence-electron chi connectivity index (χ1n) is 8.88. The highest BCUT2D eigenvalue weighted by Crippen LogP contribution is 2.22. The molecule has 142 valence electrons. The Balaban J connectivity index is 1.53. The molecule has 1 aliphatic rings. The summed E-state index contributed by atoms with van der Waals surface area (Å²) in [6, 6.07) is 14.9. The smallest absolute Gasteiger partial charge is 0.321 e. The van der Waals surface area contributed by atoms with Crippen LogP contribution in [-0.2, 0) is 4.79 Å². The Bertz CT molecular complexity index is 799. The van der Waals surface area contributed by atoms with E-state index in [9.17, 15) is 9.59 Å². The molecule has 1 aliphatic heterocycles. The lowest BCUT2D eigenvalue weighted by Crippen LogP contribution is -2.50. The predicted molar refractivity (Wildman–Crippen MR) is 107 cm³/mol. The van der Waals surface area contributed by atoms with Gasteiger partial charge in [-0.15, -0.1) is 0 Å². The molecule has 27 heavy (non-hydrogen) atoms. The fourth-order valence-electron chi connectivity index (χ4n) is 3.02. The first-order chi connectivity index (χ1) is 13.0. The van der Waals surface area contributed by atoms with Gasteiger partial charge in [-0.2, -0.15) is 0 Å². The normalized spacial score (nSPS) is 13.9. The second-order valence-corrected chi connectivity index (χ2v) is 6.36. The molecule has 7 nitrogen and oxygen atoms in total. The van der Waals surface area contributed by atoms with Crippen LogP contribution in [0.3, 0.4) is 0 Å². The van der Waals surface area contributed by atoms with Gasteiger partial charge < -0.3 is 25.2 Å². The van der Waals surface area contributed by atoms with Gasteiger partial charge in [0, 0.05) is 56.2 Å². The van der Waals surface area contributed by atoms with Crippen molar-refractivity contribution in [1.82, 2.24) is 4.90 Å². The SMILES string of the molecule is COc1cccc(N2CCN(C(=O)Nc3ccc(NC(C)=O)cc3)CC2)c1. The van der Waals surface area contributed by atoms with E-state index in [4.69, 9.17) is 4.74 Å². The second-order valence-electron chi connectivity index (χ2n) is 6.36. The third-order valence-electron chi connectivity index (χ3n) is 4.44. The van der Waals surface area contributed by atoms with Crippen molar-refractivity contribution in [2.24, 2.45) is 0 Å². The maximum atomic E-state index is 12.5. The Morgan fingerprint density at radius 1 is 0.926 bits per heavy atom. The van der Waals surface area contributed by atoms with Gasteiger partial charge in [-0.25, -0.2) is 4.79 Å². The first-order valence-corrected chi connectivity index (χ1v) is 8.88. The van der Waals surface area contributed by atoms with Crippen LogP contribution in [0.25, 0.3) is 0 Å². The van der Waals surface area contributed by atoms with Gasteiger partial charge in [-0.3, -0.25) is 4.79 Å². The van der Waals surface area contributed by atoms with Gasteiger partial charge in [0.25, 0.3) is 0 Å². The Labute approximate surface area is 158 Å². The van der Waals surface area contributed by atoms with E-state index in [1.165, 1.54) is 6.92 Å². The number of ether oxygens (including phenoxy) is 1. The Morgan fingerprint density at radius 3 is 2.15 bits per heavy atom. The minimum absolute atomic E-state index is 0.118. The quantitative estimate of drug-likeness (QED) is 0.870. The fraction of sp³-hybridized carbons (Fsp3) is 0.300. The van der Waals surface area contributed by atoms with Gasteiger partial charge in [-0.1, -0.05) is 6.07 Å². The van der Waals surface area contributed by atoms with Crippen molar-refractivity contribution >= 4 is 29.0 Å². The fourth-order valence-corrected chi connectivity index (χ4v) is 3.02. The van der Waals surface area contributed by atoms with E-state index in [-0.39, 0.29) is 11.9 Å². The van der Waals surface area contributed by atoms with Crippen LogP contribution >= 0.6 is 0 Å². The molecule has 1 saturated heterocycles. The Kier molecular flexibility index (Phi) is 5.80. The minimum atomic E-state index is -0.124. The van der Waals surface area contributed by atoms with E-state index < -0.39 is 0 Å². The third-order valence-corrected chi connectivity index (χ3v) is 4.44. The van der Waals surface area contributed by atoms with Crippen molar-refractivity contribution in [3.05, 3.63) is 48.5 Å². The molecule has 2 aromatic carbocycles. The number of benzene rings is 2. The zero-order valence-corrected chi connectivity index (χ0v) is 15.6. The molecule has 2 aromatic rings. The molecule has 1 heterocycles. The van der Waals surface area contributed by atoms with Crippen LogP contribution in [0.15, 0.2) is 48.5 Å². The highest BCUT2D eigenvalue weighted by atomic mass is 16.5. The van der Waals surface area contributed by atoms with Crippen LogP contribution in [0, 0.1) is 0 Å². The number of rotatable bonds is 4. The summed E-state index contributed by atoms with van der Waals surface area (Å²) in [6.45, 7) is 4.28. The van der Waals surface area contributed by atoms with Crippen LogP contribution in [0.2, 0.25) is 0 Å². The molecule has 0 radical (unpaired) electrons. The number of hydrogen-bond donors (Lipinski definition) is 2. The lowest BCUT2D eigenvalue weighted by molar-refractivity contribution is -0.114. The molecule has 0 saturated carbocycles. The molecular formula is C20H24N4O3. The van der Waals surface area contributed by atoms with E-state index >= 15 is 0 Å². The van der Waals surface area contributed by atoms with Crippen molar-refractivity contribution in [2.75, 3.05) is 48.8 Å². The van der Waals surface area contributed by atoms with Crippen molar-refractivity contribution in [2.45, 2.75) is 6.92 Å². The number of hydrogen-bond acceptors (Lipinski definition) is 4. The molecule has 3 amide bonds. The summed E-state index contributed by atoms with van der Waals surface area (Å²) in [5.74, 6) is 0.705. The highest BCUT2D eigenvalue weighted by Gasteiger charge is 2.21. The summed E-state index contributed by atoms with van der Waals surface area (Å²) in [5.41, 5.74) is 2.50. The number of urea groups is 1. The topological polar surface area (TPSA) is 73.9 Å². The minimum Gasteiger partial charge on any atom is -0.497 e. The number of nitrogens with one attached hydrogen (secondary N) is 2. The Morgan fingerprint density at radius 2 is 1.56 bits per heavy atom. The average molecular weight is 368 g/mol. The van der Waals surface area contributed by atoms with Gasteiger partial charge in [0.2, 0.25) is 5.91 Å². The third kappa shape index (κ3) is 4.91. The van der Waals surface area contributed by atoms with Crippen LogP contribution in [-0.4, -0.2) is 50.1 Å². The van der Waals surface area contributed by atoms with Crippen molar-refractivity contribution in [3.63, 3.8) is 0 Å². The van der Waals surface area contributed by atoms with E-state index in [1.807, 2.05) is 18.2 Å². The number of carbonyl (C=O) groups excluding carboxylic acids is 2.